The maximum Gasteiger partial charge on any atom is 0.332 e. The van der Waals surface area contributed by atoms with Gasteiger partial charge in [-0.1, -0.05) is 6.92 Å². The smallest absolute Gasteiger partial charge is 0.332 e. The van der Waals surface area contributed by atoms with Gasteiger partial charge in [0, 0.05) is 13.1 Å². The van der Waals surface area contributed by atoms with E-state index in [4.69, 9.17) is 0 Å². The molecule has 0 radical (unpaired) electrons. The van der Waals surface area contributed by atoms with Gasteiger partial charge in [-0.3, -0.25) is 10.1 Å². The van der Waals surface area contributed by atoms with Crippen LogP contribution in [0.4, 0.5) is 17.5 Å². The van der Waals surface area contributed by atoms with Crippen LogP contribution in [0, 0.1) is 17.0 Å². The van der Waals surface area contributed by atoms with Crippen molar-refractivity contribution < 1.29 is 4.92 Å². The molecule has 0 saturated carbocycles. The Hall–Kier alpha value is -1.57. The third-order valence-corrected chi connectivity index (χ3v) is 3.29. The van der Waals surface area contributed by atoms with Gasteiger partial charge in [-0.15, -0.1) is 0 Å². The average Bonchev–Trinajstić information content (AvgIpc) is 2.40. The fraction of sp³-hybridized carbons (Fsp3) is 0.667. The average molecular weight is 299 g/mol. The molecule has 0 amide bonds. The number of nitro groups is 1. The summed E-state index contributed by atoms with van der Waals surface area (Å²) in [4.78, 5) is 19.0. The summed E-state index contributed by atoms with van der Waals surface area (Å²) in [6, 6.07) is 0. The largest absolute Gasteiger partial charge is 0.364 e. The van der Waals surface area contributed by atoms with Crippen LogP contribution in [0.1, 0.15) is 25.5 Å². The molecular formula is C12H21N5O2S. The number of nitrogens with one attached hydrogen (secondary N) is 2. The summed E-state index contributed by atoms with van der Waals surface area (Å²) in [5.41, 5.74) is 0.326. The van der Waals surface area contributed by atoms with Crippen LogP contribution in [0.15, 0.2) is 0 Å². The second-order valence-corrected chi connectivity index (χ2v) is 5.27. The third-order valence-electron chi connectivity index (χ3n) is 2.59. The molecule has 20 heavy (non-hydrogen) atoms. The van der Waals surface area contributed by atoms with Crippen LogP contribution >= 0.6 is 11.8 Å². The highest BCUT2D eigenvalue weighted by molar-refractivity contribution is 7.98. The van der Waals surface area contributed by atoms with Crippen LogP contribution < -0.4 is 10.6 Å². The molecule has 0 aliphatic carbocycles. The normalized spacial score (nSPS) is 10.3. The first-order valence-electron chi connectivity index (χ1n) is 6.59. The number of hydrogen-bond acceptors (Lipinski definition) is 7. The Morgan fingerprint density at radius 2 is 2.05 bits per heavy atom. The Labute approximate surface area is 123 Å². The van der Waals surface area contributed by atoms with Crippen molar-refractivity contribution in [3.8, 4) is 0 Å². The summed E-state index contributed by atoms with van der Waals surface area (Å²) in [5.74, 6) is 1.73. The predicted molar refractivity (Wildman–Crippen MR) is 83.7 cm³/mol. The second kappa shape index (κ2) is 8.57. The molecule has 0 aliphatic heterocycles. The molecule has 8 heteroatoms. The van der Waals surface area contributed by atoms with Crippen molar-refractivity contribution >= 4 is 29.2 Å². The fourth-order valence-corrected chi connectivity index (χ4v) is 2.08. The van der Waals surface area contributed by atoms with E-state index >= 15 is 0 Å². The van der Waals surface area contributed by atoms with Gasteiger partial charge in [-0.2, -0.15) is 16.7 Å². The van der Waals surface area contributed by atoms with E-state index in [1.165, 1.54) is 0 Å². The van der Waals surface area contributed by atoms with E-state index in [1.807, 2.05) is 13.2 Å². The summed E-state index contributed by atoms with van der Waals surface area (Å²) < 4.78 is 0. The van der Waals surface area contributed by atoms with Gasteiger partial charge in [-0.05, 0) is 31.8 Å². The molecule has 1 heterocycles. The number of anilines is 2. The van der Waals surface area contributed by atoms with Crippen LogP contribution in [0.2, 0.25) is 0 Å². The van der Waals surface area contributed by atoms with Crippen LogP contribution in [-0.2, 0) is 0 Å². The van der Waals surface area contributed by atoms with E-state index in [-0.39, 0.29) is 5.69 Å². The van der Waals surface area contributed by atoms with Gasteiger partial charge in [0.1, 0.15) is 5.69 Å². The van der Waals surface area contributed by atoms with Crippen molar-refractivity contribution in [2.45, 2.75) is 26.7 Å². The Balaban J connectivity index is 2.90. The summed E-state index contributed by atoms with van der Waals surface area (Å²) >= 11 is 1.75. The Morgan fingerprint density at radius 1 is 1.30 bits per heavy atom. The maximum atomic E-state index is 11.1. The number of rotatable bonds is 9. The summed E-state index contributed by atoms with van der Waals surface area (Å²) in [5, 5.41) is 17.2. The number of thioether (sulfide) groups is 1. The lowest BCUT2D eigenvalue weighted by Crippen LogP contribution is -2.12. The zero-order chi connectivity index (χ0) is 15.0. The van der Waals surface area contributed by atoms with Crippen LogP contribution in [0.5, 0.6) is 0 Å². The highest BCUT2D eigenvalue weighted by Gasteiger charge is 2.21. The number of aromatic nitrogens is 2. The third kappa shape index (κ3) is 4.84. The van der Waals surface area contributed by atoms with Crippen molar-refractivity contribution in [2.75, 3.05) is 35.7 Å². The zero-order valence-corrected chi connectivity index (χ0v) is 12.9. The van der Waals surface area contributed by atoms with E-state index in [2.05, 4.69) is 20.6 Å². The predicted octanol–water partition coefficient (Wildman–Crippen LogP) is 2.68. The lowest BCUT2D eigenvalue weighted by molar-refractivity contribution is -0.385. The van der Waals surface area contributed by atoms with E-state index in [1.54, 1.807) is 18.7 Å². The molecule has 7 nitrogen and oxygen atoms in total. The van der Waals surface area contributed by atoms with Gasteiger partial charge in [0.05, 0.1) is 4.92 Å². The van der Waals surface area contributed by atoms with E-state index in [9.17, 15) is 10.1 Å². The summed E-state index contributed by atoms with van der Waals surface area (Å²) in [6.45, 7) is 5.06. The molecule has 1 rings (SSSR count). The molecule has 112 valence electrons. The van der Waals surface area contributed by atoms with Crippen molar-refractivity contribution in [3.05, 3.63) is 15.8 Å². The van der Waals surface area contributed by atoms with Crippen LogP contribution in [-0.4, -0.2) is 40.0 Å². The molecule has 0 atom stereocenters. The van der Waals surface area contributed by atoms with Gasteiger partial charge >= 0.3 is 5.69 Å². The highest BCUT2D eigenvalue weighted by Crippen LogP contribution is 2.26. The number of nitrogens with zero attached hydrogens (tertiary/aromatic N) is 3. The first kappa shape index (κ1) is 16.5. The Morgan fingerprint density at radius 3 is 2.65 bits per heavy atom. The first-order valence-corrected chi connectivity index (χ1v) is 7.99. The van der Waals surface area contributed by atoms with E-state index in [0.717, 1.165) is 25.1 Å². The molecule has 2 N–H and O–H groups in total. The second-order valence-electron chi connectivity index (χ2n) is 4.29. The minimum Gasteiger partial charge on any atom is -0.364 e. The minimum atomic E-state index is -0.435. The lowest BCUT2D eigenvalue weighted by Gasteiger charge is -2.10. The monoisotopic (exact) mass is 299 g/mol. The van der Waals surface area contributed by atoms with Crippen LogP contribution in [0.3, 0.4) is 0 Å². The van der Waals surface area contributed by atoms with Crippen molar-refractivity contribution in [1.29, 1.82) is 0 Å². The molecule has 0 fully saturated rings. The van der Waals surface area contributed by atoms with Crippen molar-refractivity contribution in [3.63, 3.8) is 0 Å². The summed E-state index contributed by atoms with van der Waals surface area (Å²) in [7, 11) is 0. The highest BCUT2D eigenvalue weighted by atomic mass is 32.2. The molecule has 0 aliphatic rings. The SMILES string of the molecule is CCCNc1nc(C)c([N+](=O)[O-])c(NCCCSC)n1. The van der Waals surface area contributed by atoms with Crippen molar-refractivity contribution in [2.24, 2.45) is 0 Å². The minimum absolute atomic E-state index is 0.0452. The molecule has 0 aromatic carbocycles. The van der Waals surface area contributed by atoms with Gasteiger partial charge in [0.2, 0.25) is 11.8 Å². The van der Waals surface area contributed by atoms with E-state index < -0.39 is 4.92 Å². The molecule has 0 unspecified atom stereocenters. The molecular weight excluding hydrogens is 278 g/mol. The molecule has 0 saturated heterocycles. The number of aryl methyl sites for hydroxylation is 1. The van der Waals surface area contributed by atoms with Gasteiger partial charge in [0.15, 0.2) is 0 Å². The lowest BCUT2D eigenvalue weighted by atomic mass is 10.3. The first-order chi connectivity index (χ1) is 9.60. The zero-order valence-electron chi connectivity index (χ0n) is 12.1. The Bertz CT molecular complexity index is 456. The quantitative estimate of drug-likeness (QED) is 0.411. The molecule has 0 spiro atoms. The molecule has 1 aromatic heterocycles. The standard InChI is InChI=1S/C12H21N5O2S/c1-4-6-14-12-15-9(2)10(17(18)19)11(16-12)13-7-5-8-20-3/h4-8H2,1-3H3,(H2,13,14,15,16). The van der Waals surface area contributed by atoms with Gasteiger partial charge < -0.3 is 10.6 Å². The molecule has 0 bridgehead atoms. The Kier molecular flexibility index (Phi) is 7.06. The topological polar surface area (TPSA) is 93.0 Å². The fourth-order valence-electron chi connectivity index (χ4n) is 1.65. The van der Waals surface area contributed by atoms with Crippen molar-refractivity contribution in [1.82, 2.24) is 9.97 Å². The van der Waals surface area contributed by atoms with Gasteiger partial charge in [-0.25, -0.2) is 4.98 Å². The summed E-state index contributed by atoms with van der Waals surface area (Å²) in [6.07, 6.45) is 3.90. The van der Waals surface area contributed by atoms with E-state index in [0.29, 0.717) is 24.0 Å². The van der Waals surface area contributed by atoms with Crippen LogP contribution in [0.25, 0.3) is 0 Å². The molecule has 1 aromatic rings. The number of hydrogen-bond donors (Lipinski definition) is 2. The van der Waals surface area contributed by atoms with Gasteiger partial charge in [0.25, 0.3) is 0 Å². The maximum absolute atomic E-state index is 11.1.